The number of carbonyl (C=O) groups excluding carboxylic acids is 1. The van der Waals surface area contributed by atoms with Gasteiger partial charge in [-0.2, -0.15) is 0 Å². The van der Waals surface area contributed by atoms with Gasteiger partial charge in [-0.3, -0.25) is 10.6 Å². The van der Waals surface area contributed by atoms with Crippen molar-refractivity contribution in [3.05, 3.63) is 29.3 Å². The Morgan fingerprint density at radius 2 is 2.11 bits per heavy atom. The van der Waals surface area contributed by atoms with E-state index in [0.717, 1.165) is 5.56 Å². The molecule has 0 unspecified atom stereocenters. The highest BCUT2D eigenvalue weighted by atomic mass is 16.3. The summed E-state index contributed by atoms with van der Waals surface area (Å²) < 4.78 is 0. The summed E-state index contributed by atoms with van der Waals surface area (Å²) in [5.74, 6) is 5.40. The third-order valence-electron chi connectivity index (χ3n) is 3.31. The van der Waals surface area contributed by atoms with Crippen molar-refractivity contribution in [2.45, 2.75) is 25.9 Å². The molecular weight excluding hydrogens is 230 g/mol. The molecule has 0 spiro atoms. The van der Waals surface area contributed by atoms with Crippen LogP contribution in [0.2, 0.25) is 0 Å². The molecule has 0 radical (unpaired) electrons. The molecule has 5 nitrogen and oxygen atoms in total. The summed E-state index contributed by atoms with van der Waals surface area (Å²) >= 11 is 0. The Hall–Kier alpha value is -1.59. The summed E-state index contributed by atoms with van der Waals surface area (Å²) in [6.07, 6.45) is 1.00. The fourth-order valence-corrected chi connectivity index (χ4v) is 2.20. The van der Waals surface area contributed by atoms with Crippen LogP contribution in [0.4, 0.5) is 5.69 Å². The highest BCUT2D eigenvalue weighted by Crippen LogP contribution is 2.20. The minimum atomic E-state index is -0.279. The van der Waals surface area contributed by atoms with Crippen LogP contribution in [0.15, 0.2) is 18.2 Å². The number of aryl methyl sites for hydroxylation is 1. The Balaban J connectivity index is 2.20. The number of carbonyl (C=O) groups is 1. The molecule has 5 heteroatoms. The van der Waals surface area contributed by atoms with Crippen LogP contribution in [0.25, 0.3) is 0 Å². The van der Waals surface area contributed by atoms with Gasteiger partial charge < -0.3 is 15.4 Å². The number of benzene rings is 1. The van der Waals surface area contributed by atoms with Gasteiger partial charge in [0.05, 0.1) is 17.4 Å². The smallest absolute Gasteiger partial charge is 0.256 e. The van der Waals surface area contributed by atoms with Gasteiger partial charge in [0.15, 0.2) is 0 Å². The van der Waals surface area contributed by atoms with E-state index in [9.17, 15) is 9.90 Å². The van der Waals surface area contributed by atoms with Crippen molar-refractivity contribution in [3.8, 4) is 0 Å². The van der Waals surface area contributed by atoms with E-state index < -0.39 is 0 Å². The Kier molecular flexibility index (Phi) is 3.84. The number of hydrogen-bond donors (Lipinski definition) is 3. The van der Waals surface area contributed by atoms with E-state index >= 15 is 0 Å². The highest BCUT2D eigenvalue weighted by molar-refractivity contribution is 5.99. The maximum absolute atomic E-state index is 12.4. The van der Waals surface area contributed by atoms with E-state index in [1.165, 1.54) is 0 Å². The third-order valence-corrected chi connectivity index (χ3v) is 3.31. The molecule has 0 atom stereocenters. The van der Waals surface area contributed by atoms with Gasteiger partial charge in [0, 0.05) is 13.1 Å². The number of nitrogen functional groups attached to an aromatic ring is 1. The molecule has 1 aliphatic heterocycles. The maximum Gasteiger partial charge on any atom is 0.256 e. The second kappa shape index (κ2) is 5.37. The van der Waals surface area contributed by atoms with E-state index in [0.29, 0.717) is 37.2 Å². The number of aliphatic hydroxyl groups excluding tert-OH is 1. The van der Waals surface area contributed by atoms with Gasteiger partial charge >= 0.3 is 0 Å². The highest BCUT2D eigenvalue weighted by Gasteiger charge is 2.23. The van der Waals surface area contributed by atoms with Crippen LogP contribution in [0.1, 0.15) is 28.8 Å². The first-order valence-electron chi connectivity index (χ1n) is 6.16. The summed E-state index contributed by atoms with van der Waals surface area (Å²) in [7, 11) is 0. The van der Waals surface area contributed by atoms with Gasteiger partial charge in [0.2, 0.25) is 0 Å². The molecule has 98 valence electrons. The molecular formula is C13H19N3O2. The summed E-state index contributed by atoms with van der Waals surface area (Å²) in [4.78, 5) is 14.2. The maximum atomic E-state index is 12.4. The SMILES string of the molecule is Cc1ccc(NN)c(C(=O)N2CCC(O)CC2)c1. The van der Waals surface area contributed by atoms with Crippen LogP contribution in [0.5, 0.6) is 0 Å². The van der Waals surface area contributed by atoms with E-state index in [4.69, 9.17) is 5.84 Å². The molecule has 1 heterocycles. The molecule has 1 aromatic carbocycles. The molecule has 1 amide bonds. The predicted molar refractivity (Wildman–Crippen MR) is 70.1 cm³/mol. The fourth-order valence-electron chi connectivity index (χ4n) is 2.20. The third kappa shape index (κ3) is 2.63. The molecule has 0 saturated carbocycles. The zero-order chi connectivity index (χ0) is 13.1. The zero-order valence-corrected chi connectivity index (χ0v) is 10.5. The van der Waals surface area contributed by atoms with E-state index in [1.54, 1.807) is 11.0 Å². The molecule has 1 aliphatic rings. The van der Waals surface area contributed by atoms with Gasteiger partial charge in [-0.1, -0.05) is 11.6 Å². The van der Waals surface area contributed by atoms with Crippen molar-refractivity contribution in [1.82, 2.24) is 4.90 Å². The number of nitrogens with two attached hydrogens (primary N) is 1. The number of piperidine rings is 1. The number of likely N-dealkylation sites (tertiary alicyclic amines) is 1. The molecule has 0 aromatic heterocycles. The minimum Gasteiger partial charge on any atom is -0.393 e. The number of rotatable bonds is 2. The van der Waals surface area contributed by atoms with Crippen LogP contribution in [0.3, 0.4) is 0 Å². The normalized spacial score (nSPS) is 16.7. The molecule has 18 heavy (non-hydrogen) atoms. The van der Waals surface area contributed by atoms with Gasteiger partial charge in [0.1, 0.15) is 0 Å². The average Bonchev–Trinajstić information content (AvgIpc) is 2.39. The first-order valence-corrected chi connectivity index (χ1v) is 6.16. The van der Waals surface area contributed by atoms with Crippen LogP contribution >= 0.6 is 0 Å². The molecule has 1 aromatic rings. The molecule has 1 saturated heterocycles. The van der Waals surface area contributed by atoms with Gasteiger partial charge in [0.25, 0.3) is 5.91 Å². The number of amides is 1. The number of nitrogens with one attached hydrogen (secondary N) is 1. The Morgan fingerprint density at radius 1 is 1.44 bits per heavy atom. The average molecular weight is 249 g/mol. The van der Waals surface area contributed by atoms with Crippen LogP contribution in [-0.4, -0.2) is 35.1 Å². The predicted octanol–water partition coefficient (Wildman–Crippen LogP) is 0.878. The van der Waals surface area contributed by atoms with Crippen molar-refractivity contribution in [3.63, 3.8) is 0 Å². The first kappa shape index (κ1) is 12.9. The van der Waals surface area contributed by atoms with Crippen LogP contribution < -0.4 is 11.3 Å². The van der Waals surface area contributed by atoms with Gasteiger partial charge in [-0.15, -0.1) is 0 Å². The Morgan fingerprint density at radius 3 is 2.72 bits per heavy atom. The number of hydrazine groups is 1. The van der Waals surface area contributed by atoms with Crippen molar-refractivity contribution >= 4 is 11.6 Å². The fraction of sp³-hybridized carbons (Fsp3) is 0.462. The van der Waals surface area contributed by atoms with Gasteiger partial charge in [-0.25, -0.2) is 0 Å². The number of hydrogen-bond acceptors (Lipinski definition) is 4. The summed E-state index contributed by atoms with van der Waals surface area (Å²) in [5.41, 5.74) is 4.80. The monoisotopic (exact) mass is 249 g/mol. The summed E-state index contributed by atoms with van der Waals surface area (Å²) in [6.45, 7) is 3.13. The second-order valence-electron chi connectivity index (χ2n) is 4.72. The topological polar surface area (TPSA) is 78.6 Å². The van der Waals surface area contributed by atoms with Crippen molar-refractivity contribution in [2.75, 3.05) is 18.5 Å². The summed E-state index contributed by atoms with van der Waals surface area (Å²) in [5, 5.41) is 9.45. The molecule has 0 bridgehead atoms. The zero-order valence-electron chi connectivity index (χ0n) is 10.5. The standard InChI is InChI=1S/C13H19N3O2/c1-9-2-3-12(15-14)11(8-9)13(18)16-6-4-10(17)5-7-16/h2-3,8,10,15,17H,4-7,14H2,1H3. The molecule has 0 aliphatic carbocycles. The van der Waals surface area contributed by atoms with Crippen molar-refractivity contribution in [1.29, 1.82) is 0 Å². The molecule has 1 fully saturated rings. The quantitative estimate of drug-likeness (QED) is 0.537. The van der Waals surface area contributed by atoms with Crippen molar-refractivity contribution in [2.24, 2.45) is 5.84 Å². The molecule has 2 rings (SSSR count). The lowest BCUT2D eigenvalue weighted by Gasteiger charge is -2.30. The molecule has 4 N–H and O–H groups in total. The minimum absolute atomic E-state index is 0.0291. The van der Waals surface area contributed by atoms with E-state index in [1.807, 2.05) is 19.1 Å². The van der Waals surface area contributed by atoms with E-state index in [-0.39, 0.29) is 12.0 Å². The Labute approximate surface area is 107 Å². The number of aliphatic hydroxyl groups is 1. The summed E-state index contributed by atoms with van der Waals surface area (Å²) in [6, 6.07) is 5.55. The van der Waals surface area contributed by atoms with Crippen LogP contribution in [0, 0.1) is 6.92 Å². The lowest BCUT2D eigenvalue weighted by Crippen LogP contribution is -2.40. The number of anilines is 1. The van der Waals surface area contributed by atoms with Crippen LogP contribution in [-0.2, 0) is 0 Å². The lowest BCUT2D eigenvalue weighted by atomic mass is 10.0. The largest absolute Gasteiger partial charge is 0.393 e. The lowest BCUT2D eigenvalue weighted by molar-refractivity contribution is 0.0547. The Bertz CT molecular complexity index is 440. The second-order valence-corrected chi connectivity index (χ2v) is 4.72. The van der Waals surface area contributed by atoms with Crippen molar-refractivity contribution < 1.29 is 9.90 Å². The number of nitrogens with zero attached hydrogens (tertiary/aromatic N) is 1. The van der Waals surface area contributed by atoms with Gasteiger partial charge in [-0.05, 0) is 31.9 Å². The van der Waals surface area contributed by atoms with E-state index in [2.05, 4.69) is 5.43 Å². The first-order chi connectivity index (χ1) is 8.61.